The van der Waals surface area contributed by atoms with E-state index in [9.17, 15) is 22.7 Å². The zero-order valence-electron chi connectivity index (χ0n) is 12.5. The second-order valence-electron chi connectivity index (χ2n) is 5.20. The number of carbonyl (C=O) groups is 1. The predicted molar refractivity (Wildman–Crippen MR) is 89.8 cm³/mol. The molecule has 24 heavy (non-hydrogen) atoms. The van der Waals surface area contributed by atoms with Gasteiger partial charge in [-0.05, 0) is 25.5 Å². The Morgan fingerprint density at radius 1 is 1.46 bits per heavy atom. The quantitative estimate of drug-likeness (QED) is 0.661. The Morgan fingerprint density at radius 2 is 2.12 bits per heavy atom. The van der Waals surface area contributed by atoms with Crippen LogP contribution in [0.5, 0.6) is 0 Å². The van der Waals surface area contributed by atoms with E-state index in [4.69, 9.17) is 16.3 Å². The summed E-state index contributed by atoms with van der Waals surface area (Å²) in [4.78, 5) is 12.3. The van der Waals surface area contributed by atoms with Crippen molar-refractivity contribution >= 4 is 43.3 Å². The van der Waals surface area contributed by atoms with Crippen molar-refractivity contribution in [1.82, 2.24) is 4.72 Å². The fraction of sp³-hybridized carbons (Fsp3) is 0.357. The van der Waals surface area contributed by atoms with Crippen molar-refractivity contribution in [2.45, 2.75) is 18.9 Å². The number of hydrogen-bond donors (Lipinski definition) is 2. The molecule has 1 atom stereocenters. The van der Waals surface area contributed by atoms with E-state index < -0.39 is 38.9 Å². The molecule has 1 unspecified atom stereocenters. The molecule has 0 fully saturated rings. The van der Waals surface area contributed by atoms with Crippen LogP contribution in [0.15, 0.2) is 29.8 Å². The molecule has 0 saturated heterocycles. The van der Waals surface area contributed by atoms with Crippen LogP contribution in [0.1, 0.15) is 18.9 Å². The van der Waals surface area contributed by atoms with E-state index in [1.807, 2.05) is 4.72 Å². The number of aliphatic hydroxyl groups excluding tert-OH is 1. The summed E-state index contributed by atoms with van der Waals surface area (Å²) in [6, 6.07) is 3.79. The summed E-state index contributed by atoms with van der Waals surface area (Å²) >= 11 is 9.05. The van der Waals surface area contributed by atoms with Crippen molar-refractivity contribution in [3.8, 4) is 0 Å². The van der Waals surface area contributed by atoms with Gasteiger partial charge in [-0.1, -0.05) is 33.6 Å². The van der Waals surface area contributed by atoms with Gasteiger partial charge in [0.25, 0.3) is 5.78 Å². The molecule has 2 N–H and O–H groups in total. The average molecular weight is 443 g/mol. The summed E-state index contributed by atoms with van der Waals surface area (Å²) in [5.74, 6) is -3.62. The number of sulfonamides is 1. The predicted octanol–water partition coefficient (Wildman–Crippen LogP) is 2.73. The molecule has 1 aromatic rings. The van der Waals surface area contributed by atoms with Gasteiger partial charge in [0.2, 0.25) is 27.3 Å². The lowest BCUT2D eigenvalue weighted by molar-refractivity contribution is -0.132. The molecular formula is C14H14BrClFNO5S. The molecule has 0 aliphatic carbocycles. The maximum Gasteiger partial charge on any atom is 0.250 e. The van der Waals surface area contributed by atoms with Crippen molar-refractivity contribution in [1.29, 1.82) is 0 Å². The second-order valence-corrected chi connectivity index (χ2v) is 8.24. The van der Waals surface area contributed by atoms with Gasteiger partial charge in [-0.15, -0.1) is 0 Å². The molecule has 0 radical (unpaired) electrons. The average Bonchev–Trinajstić information content (AvgIpc) is 2.69. The molecular weight excluding hydrogens is 429 g/mol. The van der Waals surface area contributed by atoms with Crippen LogP contribution in [0.4, 0.5) is 4.39 Å². The van der Waals surface area contributed by atoms with E-state index >= 15 is 0 Å². The Bertz CT molecular complexity index is 793. The van der Waals surface area contributed by atoms with E-state index in [0.29, 0.717) is 11.8 Å². The number of ether oxygens (including phenoxy) is 1. The molecule has 1 aromatic carbocycles. The highest BCUT2D eigenvalue weighted by Crippen LogP contribution is 2.41. The molecule has 1 aliphatic heterocycles. The number of aliphatic hydroxyl groups is 1. The third-order valence-corrected chi connectivity index (χ3v) is 5.60. The van der Waals surface area contributed by atoms with Crippen molar-refractivity contribution in [3.63, 3.8) is 0 Å². The standard InChI is InChI=1S/C14H14BrClFNO5S/c1-14(10-8(16)4-2-5-9(10)17)12(20)11(19)13(23-14)18-24(21,22)7-3-6-15/h2,4-5,18-19H,3,6-7H2,1H3. The highest BCUT2D eigenvalue weighted by atomic mass is 79.9. The molecule has 132 valence electrons. The first-order valence-electron chi connectivity index (χ1n) is 6.80. The monoisotopic (exact) mass is 441 g/mol. The van der Waals surface area contributed by atoms with Crippen molar-refractivity contribution < 1.29 is 27.4 Å². The molecule has 10 heteroatoms. The summed E-state index contributed by atoms with van der Waals surface area (Å²) < 4.78 is 45.2. The minimum absolute atomic E-state index is 0.0814. The third kappa shape index (κ3) is 3.52. The van der Waals surface area contributed by atoms with Crippen LogP contribution in [0, 0.1) is 5.82 Å². The first-order chi connectivity index (χ1) is 11.1. The smallest absolute Gasteiger partial charge is 0.250 e. The van der Waals surface area contributed by atoms with Gasteiger partial charge in [0.15, 0.2) is 0 Å². The number of alkyl halides is 1. The van der Waals surface area contributed by atoms with Gasteiger partial charge < -0.3 is 9.84 Å². The highest BCUT2D eigenvalue weighted by molar-refractivity contribution is 9.09. The van der Waals surface area contributed by atoms with Crippen molar-refractivity contribution in [2.75, 3.05) is 11.1 Å². The molecule has 0 spiro atoms. The van der Waals surface area contributed by atoms with E-state index in [1.54, 1.807) is 0 Å². The first kappa shape index (κ1) is 19.0. The van der Waals surface area contributed by atoms with E-state index in [-0.39, 0.29) is 16.3 Å². The van der Waals surface area contributed by atoms with Crippen LogP contribution < -0.4 is 4.72 Å². The molecule has 0 amide bonds. The molecule has 2 rings (SSSR count). The molecule has 1 heterocycles. The minimum Gasteiger partial charge on any atom is -0.501 e. The van der Waals surface area contributed by atoms with Crippen LogP contribution in [-0.4, -0.2) is 30.4 Å². The summed E-state index contributed by atoms with van der Waals surface area (Å²) in [6.07, 6.45) is 0.313. The Morgan fingerprint density at radius 3 is 2.71 bits per heavy atom. The number of benzene rings is 1. The number of nitrogens with one attached hydrogen (secondary N) is 1. The van der Waals surface area contributed by atoms with Gasteiger partial charge in [0.1, 0.15) is 5.82 Å². The normalized spacial score (nSPS) is 21.1. The summed E-state index contributed by atoms with van der Waals surface area (Å²) in [6.45, 7) is 1.20. The van der Waals surface area contributed by atoms with Gasteiger partial charge in [0, 0.05) is 5.33 Å². The number of halogens is 3. The van der Waals surface area contributed by atoms with E-state index in [0.717, 1.165) is 6.07 Å². The van der Waals surface area contributed by atoms with E-state index in [1.165, 1.54) is 19.1 Å². The van der Waals surface area contributed by atoms with Crippen LogP contribution in [0.25, 0.3) is 0 Å². The lowest BCUT2D eigenvalue weighted by atomic mass is 9.91. The Hall–Kier alpha value is -1.32. The Labute approximate surface area is 151 Å². The fourth-order valence-electron chi connectivity index (χ4n) is 2.25. The molecule has 0 saturated carbocycles. The largest absolute Gasteiger partial charge is 0.501 e. The van der Waals surface area contributed by atoms with Crippen molar-refractivity contribution in [3.05, 3.63) is 46.2 Å². The molecule has 0 bridgehead atoms. The number of ketones is 1. The SMILES string of the molecule is CC1(c2c(F)cccc2Cl)OC(NS(=O)(=O)CCCBr)=C(O)C1=O. The van der Waals surface area contributed by atoms with Gasteiger partial charge >= 0.3 is 0 Å². The van der Waals surface area contributed by atoms with Crippen molar-refractivity contribution in [2.24, 2.45) is 0 Å². The van der Waals surface area contributed by atoms with Crippen LogP contribution in [0.2, 0.25) is 5.02 Å². The van der Waals surface area contributed by atoms with E-state index in [2.05, 4.69) is 15.9 Å². The number of carbonyl (C=O) groups excluding carboxylic acids is 1. The number of rotatable bonds is 6. The molecule has 0 aromatic heterocycles. The maximum absolute atomic E-state index is 14.1. The van der Waals surface area contributed by atoms with Gasteiger partial charge in [-0.25, -0.2) is 12.8 Å². The second kappa shape index (κ2) is 6.89. The summed E-state index contributed by atoms with van der Waals surface area (Å²) in [5.41, 5.74) is -2.25. The van der Waals surface area contributed by atoms with Crippen LogP contribution in [0.3, 0.4) is 0 Å². The Kier molecular flexibility index (Phi) is 5.46. The lowest BCUT2D eigenvalue weighted by Gasteiger charge is -2.25. The topological polar surface area (TPSA) is 92.7 Å². The van der Waals surface area contributed by atoms with Crippen LogP contribution in [-0.2, 0) is 25.2 Å². The number of Topliss-reactive ketones (excluding diaryl/α,β-unsaturated/α-hetero) is 1. The summed E-state index contributed by atoms with van der Waals surface area (Å²) in [7, 11) is -3.84. The fourth-order valence-corrected chi connectivity index (χ4v) is 4.29. The lowest BCUT2D eigenvalue weighted by Crippen LogP contribution is -2.34. The number of hydrogen-bond acceptors (Lipinski definition) is 5. The van der Waals surface area contributed by atoms with Gasteiger partial charge in [0.05, 0.1) is 16.3 Å². The van der Waals surface area contributed by atoms with Crippen LogP contribution >= 0.6 is 27.5 Å². The molecule has 1 aliphatic rings. The minimum atomic E-state index is -3.84. The third-order valence-electron chi connectivity index (χ3n) is 3.40. The van der Waals surface area contributed by atoms with Gasteiger partial charge in [-0.2, -0.15) is 0 Å². The highest BCUT2D eigenvalue weighted by Gasteiger charge is 2.51. The first-order valence-corrected chi connectivity index (χ1v) is 9.95. The zero-order valence-corrected chi connectivity index (χ0v) is 15.6. The molecule has 6 nitrogen and oxygen atoms in total. The summed E-state index contributed by atoms with van der Waals surface area (Å²) in [5, 5.41) is 10.3. The maximum atomic E-state index is 14.1. The zero-order chi connectivity index (χ0) is 18.1. The van der Waals surface area contributed by atoms with Gasteiger partial charge in [-0.3, -0.25) is 9.52 Å². The Balaban J connectivity index is 2.36.